The van der Waals surface area contributed by atoms with Crippen LogP contribution in [0, 0.1) is 23.7 Å². The third-order valence-electron chi connectivity index (χ3n) is 12.8. The minimum absolute atomic E-state index is 0.0277. The van der Waals surface area contributed by atoms with Crippen LogP contribution < -0.4 is 9.55 Å². The van der Waals surface area contributed by atoms with Gasteiger partial charge in [0, 0.05) is 24.7 Å². The van der Waals surface area contributed by atoms with Gasteiger partial charge in [0.1, 0.15) is 0 Å². The maximum Gasteiger partial charge on any atom is 0.505 e. The highest BCUT2D eigenvalue weighted by atomic mass is 32.1. The van der Waals surface area contributed by atoms with Crippen molar-refractivity contribution in [2.75, 3.05) is 0 Å². The predicted molar refractivity (Wildman–Crippen MR) is 214 cm³/mol. The molecule has 0 saturated carbocycles. The van der Waals surface area contributed by atoms with Gasteiger partial charge < -0.3 is 18.6 Å². The van der Waals surface area contributed by atoms with Crippen LogP contribution in [0.2, 0.25) is 0 Å². The van der Waals surface area contributed by atoms with Gasteiger partial charge in [-0.05, 0) is 128 Å². The summed E-state index contributed by atoms with van der Waals surface area (Å²) >= 11 is 3.81. The van der Waals surface area contributed by atoms with Crippen LogP contribution in [0.3, 0.4) is 0 Å². The molecule has 4 nitrogen and oxygen atoms in total. The van der Waals surface area contributed by atoms with E-state index in [1.54, 1.807) is 0 Å². The second kappa shape index (κ2) is 14.7. The average molecular weight is 711 g/mol. The Balaban J connectivity index is 1.54. The molecule has 2 aromatic heterocycles. The minimum Gasteiger partial charge on any atom is -0.399 e. The highest BCUT2D eigenvalue weighted by Crippen LogP contribution is 2.58. The van der Waals surface area contributed by atoms with E-state index < -0.39 is 0 Å². The Labute approximate surface area is 309 Å². The molecule has 0 N–H and O–H groups in total. The van der Waals surface area contributed by atoms with Crippen LogP contribution in [0.1, 0.15) is 172 Å². The summed E-state index contributed by atoms with van der Waals surface area (Å²) in [4.78, 5) is 2.85. The molecule has 3 aliphatic rings. The first-order valence-corrected chi connectivity index (χ1v) is 21.3. The van der Waals surface area contributed by atoms with E-state index in [4.69, 9.17) is 18.6 Å². The lowest BCUT2D eigenvalue weighted by atomic mass is 9.68. The van der Waals surface area contributed by atoms with Crippen LogP contribution in [-0.4, -0.2) is 36.6 Å². The molecule has 2 unspecified atom stereocenters. The van der Waals surface area contributed by atoms with Crippen LogP contribution in [0.25, 0.3) is 9.75 Å². The fourth-order valence-electron chi connectivity index (χ4n) is 7.85. The van der Waals surface area contributed by atoms with E-state index >= 15 is 0 Å². The van der Waals surface area contributed by atoms with Crippen molar-refractivity contribution in [2.24, 2.45) is 23.7 Å². The molecule has 0 spiro atoms. The molecule has 274 valence electrons. The summed E-state index contributed by atoms with van der Waals surface area (Å²) < 4.78 is 29.0. The monoisotopic (exact) mass is 710 g/mol. The number of rotatable bonds is 16. The summed E-state index contributed by atoms with van der Waals surface area (Å²) in [5.41, 5.74) is 1.56. The normalized spacial score (nSPS) is 22.7. The molecular weight excluding hydrogens is 642 g/mol. The van der Waals surface area contributed by atoms with Gasteiger partial charge >= 0.3 is 14.2 Å². The molecule has 2 aliphatic heterocycles. The van der Waals surface area contributed by atoms with Crippen LogP contribution in [0.15, 0.2) is 12.1 Å². The Morgan fingerprint density at radius 2 is 0.837 bits per heavy atom. The summed E-state index contributed by atoms with van der Waals surface area (Å²) in [5, 5.41) is 0. The molecule has 2 aromatic rings. The maximum atomic E-state index is 6.65. The molecule has 1 aliphatic carbocycles. The summed E-state index contributed by atoms with van der Waals surface area (Å²) in [7, 11) is -0.677. The summed E-state index contributed by atoms with van der Waals surface area (Å²) in [5.74, 6) is 2.95. The lowest BCUT2D eigenvalue weighted by Gasteiger charge is -2.33. The van der Waals surface area contributed by atoms with Crippen LogP contribution in [-0.2, 0) is 24.0 Å². The number of hydrogen-bond donors (Lipinski definition) is 0. The van der Waals surface area contributed by atoms with Crippen molar-refractivity contribution >= 4 is 46.5 Å². The van der Waals surface area contributed by atoms with Crippen molar-refractivity contribution in [3.05, 3.63) is 23.3 Å². The highest BCUT2D eigenvalue weighted by Gasteiger charge is 2.56. The molecule has 4 heterocycles. The largest absolute Gasteiger partial charge is 0.505 e. The van der Waals surface area contributed by atoms with Gasteiger partial charge in [0.15, 0.2) is 0 Å². The lowest BCUT2D eigenvalue weighted by Crippen LogP contribution is -2.41. The molecule has 0 bridgehead atoms. The van der Waals surface area contributed by atoms with E-state index in [-0.39, 0.29) is 42.1 Å². The smallest absolute Gasteiger partial charge is 0.399 e. The number of fused-ring (bicyclic) bond motifs is 3. The molecule has 2 fully saturated rings. The maximum absolute atomic E-state index is 6.65. The van der Waals surface area contributed by atoms with Gasteiger partial charge in [0.2, 0.25) is 0 Å². The third kappa shape index (κ3) is 8.15. The Kier molecular flexibility index (Phi) is 11.8. The standard InChI is InChI=1S/C41H68B2O4S2/c1-27(2)17-15-19-29(5)21-23-41(24-22-30(6)20-16-18-28(3)4)31-25-33(42-44-37(7,8)38(9,10)45-42)48-35(31)36-32(41)26-34(49-36)43-46-39(11,12)40(13,14)47-43/h25-30H,15-24H2,1-14H3. The molecule has 5 rings (SSSR count). The zero-order valence-electron chi connectivity index (χ0n) is 33.6. The van der Waals surface area contributed by atoms with E-state index in [1.165, 1.54) is 94.6 Å². The van der Waals surface area contributed by atoms with E-state index in [1.807, 2.05) is 22.7 Å². The minimum atomic E-state index is -0.363. The Morgan fingerprint density at radius 3 is 1.14 bits per heavy atom. The van der Waals surface area contributed by atoms with Gasteiger partial charge in [-0.15, -0.1) is 22.7 Å². The first-order chi connectivity index (χ1) is 22.7. The van der Waals surface area contributed by atoms with Gasteiger partial charge in [-0.2, -0.15) is 0 Å². The topological polar surface area (TPSA) is 36.9 Å². The molecule has 0 radical (unpaired) electrons. The quantitative estimate of drug-likeness (QED) is 0.163. The van der Waals surface area contributed by atoms with Crippen LogP contribution >= 0.6 is 22.7 Å². The summed E-state index contributed by atoms with van der Waals surface area (Å²) in [6.07, 6.45) is 12.7. The Morgan fingerprint density at radius 1 is 0.510 bits per heavy atom. The molecule has 8 heteroatoms. The molecule has 0 aromatic carbocycles. The zero-order chi connectivity index (χ0) is 36.2. The first kappa shape index (κ1) is 39.6. The number of thiophene rings is 2. The fraction of sp³-hybridized carbons (Fsp3) is 0.805. The van der Waals surface area contributed by atoms with Gasteiger partial charge in [0.25, 0.3) is 0 Å². The van der Waals surface area contributed by atoms with E-state index in [0.29, 0.717) is 11.8 Å². The molecule has 49 heavy (non-hydrogen) atoms. The lowest BCUT2D eigenvalue weighted by molar-refractivity contribution is 0.00578. The van der Waals surface area contributed by atoms with Gasteiger partial charge in [-0.3, -0.25) is 0 Å². The summed E-state index contributed by atoms with van der Waals surface area (Å²) in [6, 6.07) is 4.99. The van der Waals surface area contributed by atoms with Gasteiger partial charge in [0.05, 0.1) is 22.4 Å². The Bertz CT molecular complexity index is 1280. The van der Waals surface area contributed by atoms with E-state index in [9.17, 15) is 0 Å². The van der Waals surface area contributed by atoms with Crippen molar-refractivity contribution < 1.29 is 18.6 Å². The van der Waals surface area contributed by atoms with E-state index in [0.717, 1.165) is 11.8 Å². The van der Waals surface area contributed by atoms with Crippen molar-refractivity contribution in [3.63, 3.8) is 0 Å². The second-order valence-electron chi connectivity index (χ2n) is 19.0. The predicted octanol–water partition coefficient (Wildman–Crippen LogP) is 11.2. The first-order valence-electron chi connectivity index (χ1n) is 19.7. The van der Waals surface area contributed by atoms with E-state index in [2.05, 4.69) is 109 Å². The molecule has 2 atom stereocenters. The highest BCUT2D eigenvalue weighted by molar-refractivity contribution is 7.31. The van der Waals surface area contributed by atoms with Crippen molar-refractivity contribution in [1.82, 2.24) is 0 Å². The molecular formula is C41H68B2O4S2. The zero-order valence-corrected chi connectivity index (χ0v) is 35.3. The number of hydrogen-bond acceptors (Lipinski definition) is 6. The van der Waals surface area contributed by atoms with Gasteiger partial charge in [-0.1, -0.05) is 80.1 Å². The van der Waals surface area contributed by atoms with Crippen molar-refractivity contribution in [2.45, 2.75) is 189 Å². The fourth-order valence-corrected chi connectivity index (χ4v) is 10.4. The molecule has 2 saturated heterocycles. The van der Waals surface area contributed by atoms with Gasteiger partial charge in [-0.25, -0.2) is 0 Å². The van der Waals surface area contributed by atoms with Crippen LogP contribution in [0.4, 0.5) is 0 Å². The third-order valence-corrected chi connectivity index (χ3v) is 15.3. The average Bonchev–Trinajstić information content (AvgIpc) is 3.73. The SMILES string of the molecule is CC(C)CCCC(C)CCC1(CCC(C)CCCC(C)C)c2cc(B3OC(C)(C)C(C)(C)O3)sc2-c2sc(B3OC(C)(C)C(C)(C)O3)cc21. The van der Waals surface area contributed by atoms with Crippen LogP contribution in [0.5, 0.6) is 0 Å². The second-order valence-corrected chi connectivity index (χ2v) is 21.1. The summed E-state index contributed by atoms with van der Waals surface area (Å²) in [6.45, 7) is 31.7. The Hall–Kier alpha value is -0.630. The van der Waals surface area contributed by atoms with Crippen molar-refractivity contribution in [1.29, 1.82) is 0 Å². The van der Waals surface area contributed by atoms with Crippen molar-refractivity contribution in [3.8, 4) is 9.75 Å². The molecule has 0 amide bonds.